The largest absolute Gasteiger partial charge is 0.490 e. The lowest BCUT2D eigenvalue weighted by molar-refractivity contribution is 0.0691. The SMILES string of the molecule is Cc1ccc(C)c(OCCOc2cnccc2C(=O)O)c1. The van der Waals surface area contributed by atoms with Crippen LogP contribution in [0.2, 0.25) is 0 Å². The zero-order valence-electron chi connectivity index (χ0n) is 12.0. The summed E-state index contributed by atoms with van der Waals surface area (Å²) in [7, 11) is 0. The van der Waals surface area contributed by atoms with E-state index in [1.165, 1.54) is 18.5 Å². The lowest BCUT2D eigenvalue weighted by Gasteiger charge is -2.11. The van der Waals surface area contributed by atoms with Gasteiger partial charge in [0.15, 0.2) is 5.75 Å². The van der Waals surface area contributed by atoms with E-state index in [4.69, 9.17) is 14.6 Å². The lowest BCUT2D eigenvalue weighted by Crippen LogP contribution is -2.12. The van der Waals surface area contributed by atoms with E-state index in [0.717, 1.165) is 16.9 Å². The Bertz CT molecular complexity index is 640. The van der Waals surface area contributed by atoms with Crippen LogP contribution in [0.4, 0.5) is 0 Å². The maximum Gasteiger partial charge on any atom is 0.339 e. The summed E-state index contributed by atoms with van der Waals surface area (Å²) in [5.41, 5.74) is 2.27. The first-order valence-electron chi connectivity index (χ1n) is 6.58. The van der Waals surface area contributed by atoms with Crippen molar-refractivity contribution >= 4 is 5.97 Å². The number of carboxylic acids is 1. The van der Waals surface area contributed by atoms with E-state index in [2.05, 4.69) is 4.98 Å². The molecule has 0 spiro atoms. The van der Waals surface area contributed by atoms with Gasteiger partial charge in [0.25, 0.3) is 0 Å². The number of nitrogens with zero attached hydrogens (tertiary/aromatic N) is 1. The number of aromatic nitrogens is 1. The predicted molar refractivity (Wildman–Crippen MR) is 78.1 cm³/mol. The second-order valence-corrected chi connectivity index (χ2v) is 4.64. The van der Waals surface area contributed by atoms with Gasteiger partial charge in [-0.3, -0.25) is 4.98 Å². The number of rotatable bonds is 6. The summed E-state index contributed by atoms with van der Waals surface area (Å²) in [5, 5.41) is 9.03. The molecule has 1 aromatic carbocycles. The van der Waals surface area contributed by atoms with Crippen molar-refractivity contribution < 1.29 is 19.4 Å². The molecule has 0 amide bonds. The van der Waals surface area contributed by atoms with Crippen LogP contribution in [0, 0.1) is 13.8 Å². The van der Waals surface area contributed by atoms with Gasteiger partial charge in [0.2, 0.25) is 0 Å². The third-order valence-corrected chi connectivity index (χ3v) is 2.96. The van der Waals surface area contributed by atoms with Gasteiger partial charge in [-0.25, -0.2) is 4.79 Å². The van der Waals surface area contributed by atoms with Gasteiger partial charge in [-0.2, -0.15) is 0 Å². The fourth-order valence-corrected chi connectivity index (χ4v) is 1.84. The quantitative estimate of drug-likeness (QED) is 0.827. The third-order valence-electron chi connectivity index (χ3n) is 2.96. The Hall–Kier alpha value is -2.56. The molecule has 110 valence electrons. The maximum atomic E-state index is 11.0. The van der Waals surface area contributed by atoms with Gasteiger partial charge < -0.3 is 14.6 Å². The van der Waals surface area contributed by atoms with E-state index >= 15 is 0 Å². The molecule has 0 aliphatic carbocycles. The Morgan fingerprint density at radius 1 is 1.14 bits per heavy atom. The van der Waals surface area contributed by atoms with Gasteiger partial charge in [0.1, 0.15) is 24.5 Å². The van der Waals surface area contributed by atoms with Crippen molar-refractivity contribution in [3.8, 4) is 11.5 Å². The predicted octanol–water partition coefficient (Wildman–Crippen LogP) is 2.85. The Kier molecular flexibility index (Phi) is 4.77. The van der Waals surface area contributed by atoms with Gasteiger partial charge in [-0.1, -0.05) is 12.1 Å². The van der Waals surface area contributed by atoms with E-state index < -0.39 is 5.97 Å². The van der Waals surface area contributed by atoms with Crippen molar-refractivity contribution in [3.05, 3.63) is 53.3 Å². The molecule has 2 rings (SSSR count). The topological polar surface area (TPSA) is 68.7 Å². The molecule has 0 bridgehead atoms. The average molecular weight is 287 g/mol. The minimum Gasteiger partial charge on any atom is -0.490 e. The van der Waals surface area contributed by atoms with E-state index in [1.807, 2.05) is 32.0 Å². The Balaban J connectivity index is 1.91. The standard InChI is InChI=1S/C16H17NO4/c1-11-3-4-12(2)14(9-11)20-7-8-21-15-10-17-6-5-13(15)16(18)19/h3-6,9-10H,7-8H2,1-2H3,(H,18,19). The second kappa shape index (κ2) is 6.74. The van der Waals surface area contributed by atoms with Crippen LogP contribution < -0.4 is 9.47 Å². The molecule has 0 saturated carbocycles. The van der Waals surface area contributed by atoms with Crippen molar-refractivity contribution in [2.24, 2.45) is 0 Å². The minimum absolute atomic E-state index is 0.0942. The molecular formula is C16H17NO4. The molecule has 1 heterocycles. The first kappa shape index (κ1) is 14.8. The number of benzene rings is 1. The number of ether oxygens (including phenoxy) is 2. The molecule has 5 heteroatoms. The Morgan fingerprint density at radius 2 is 1.86 bits per heavy atom. The molecule has 0 fully saturated rings. The van der Waals surface area contributed by atoms with E-state index in [0.29, 0.717) is 6.61 Å². The van der Waals surface area contributed by atoms with Crippen LogP contribution in [0.3, 0.4) is 0 Å². The van der Waals surface area contributed by atoms with Crippen LogP contribution in [0.15, 0.2) is 36.7 Å². The van der Waals surface area contributed by atoms with E-state index in [1.54, 1.807) is 0 Å². The van der Waals surface area contributed by atoms with Crippen molar-refractivity contribution in [3.63, 3.8) is 0 Å². The first-order valence-corrected chi connectivity index (χ1v) is 6.58. The van der Waals surface area contributed by atoms with Gasteiger partial charge in [-0.05, 0) is 37.1 Å². The maximum absolute atomic E-state index is 11.0. The molecule has 21 heavy (non-hydrogen) atoms. The Morgan fingerprint density at radius 3 is 2.57 bits per heavy atom. The molecule has 0 unspecified atom stereocenters. The Labute approximate surface area is 123 Å². The lowest BCUT2D eigenvalue weighted by atomic mass is 10.1. The van der Waals surface area contributed by atoms with Gasteiger partial charge in [0.05, 0.1) is 6.20 Å². The molecule has 0 radical (unpaired) electrons. The molecule has 1 N–H and O–H groups in total. The first-order chi connectivity index (χ1) is 10.1. The highest BCUT2D eigenvalue weighted by atomic mass is 16.5. The van der Waals surface area contributed by atoms with Crippen molar-refractivity contribution in [1.82, 2.24) is 4.98 Å². The average Bonchev–Trinajstić information content (AvgIpc) is 2.47. The summed E-state index contributed by atoms with van der Waals surface area (Å²) in [6, 6.07) is 7.38. The number of carbonyl (C=O) groups is 1. The highest BCUT2D eigenvalue weighted by molar-refractivity contribution is 5.90. The minimum atomic E-state index is -1.04. The number of pyridine rings is 1. The smallest absolute Gasteiger partial charge is 0.339 e. The summed E-state index contributed by atoms with van der Waals surface area (Å²) in [4.78, 5) is 14.9. The monoisotopic (exact) mass is 287 g/mol. The number of carboxylic acid groups (broad SMARTS) is 1. The zero-order chi connectivity index (χ0) is 15.2. The van der Waals surface area contributed by atoms with E-state index in [9.17, 15) is 4.79 Å². The molecule has 5 nitrogen and oxygen atoms in total. The number of aromatic carboxylic acids is 1. The molecule has 2 aromatic rings. The summed E-state index contributed by atoms with van der Waals surface area (Å²) < 4.78 is 11.1. The molecular weight excluding hydrogens is 270 g/mol. The zero-order valence-corrected chi connectivity index (χ0v) is 12.0. The van der Waals surface area contributed by atoms with Crippen LogP contribution in [-0.4, -0.2) is 29.3 Å². The van der Waals surface area contributed by atoms with Crippen LogP contribution in [0.1, 0.15) is 21.5 Å². The van der Waals surface area contributed by atoms with Crippen LogP contribution in [0.25, 0.3) is 0 Å². The number of hydrogen-bond donors (Lipinski definition) is 1. The van der Waals surface area contributed by atoms with Crippen LogP contribution in [-0.2, 0) is 0 Å². The van der Waals surface area contributed by atoms with Gasteiger partial charge in [0, 0.05) is 6.20 Å². The molecule has 1 aromatic heterocycles. The second-order valence-electron chi connectivity index (χ2n) is 4.64. The summed E-state index contributed by atoms with van der Waals surface area (Å²) >= 11 is 0. The van der Waals surface area contributed by atoms with Crippen LogP contribution >= 0.6 is 0 Å². The van der Waals surface area contributed by atoms with Gasteiger partial charge in [-0.15, -0.1) is 0 Å². The van der Waals surface area contributed by atoms with Crippen molar-refractivity contribution in [2.45, 2.75) is 13.8 Å². The molecule has 0 atom stereocenters. The highest BCUT2D eigenvalue weighted by Crippen LogP contribution is 2.19. The van der Waals surface area contributed by atoms with E-state index in [-0.39, 0.29) is 17.9 Å². The fraction of sp³-hybridized carbons (Fsp3) is 0.250. The fourth-order valence-electron chi connectivity index (χ4n) is 1.84. The summed E-state index contributed by atoms with van der Waals surface area (Å²) in [5.74, 6) is 0.0145. The molecule has 0 aliphatic heterocycles. The van der Waals surface area contributed by atoms with Crippen molar-refractivity contribution in [2.75, 3.05) is 13.2 Å². The molecule has 0 aliphatic rings. The van der Waals surface area contributed by atoms with Gasteiger partial charge >= 0.3 is 5.97 Å². The number of hydrogen-bond acceptors (Lipinski definition) is 4. The van der Waals surface area contributed by atoms with Crippen molar-refractivity contribution in [1.29, 1.82) is 0 Å². The number of aryl methyl sites for hydroxylation is 2. The normalized spacial score (nSPS) is 10.2. The highest BCUT2D eigenvalue weighted by Gasteiger charge is 2.10. The molecule has 0 saturated heterocycles. The summed E-state index contributed by atoms with van der Waals surface area (Å²) in [6.07, 6.45) is 2.81. The third kappa shape index (κ3) is 3.95. The van der Waals surface area contributed by atoms with Crippen LogP contribution in [0.5, 0.6) is 11.5 Å². The summed E-state index contributed by atoms with van der Waals surface area (Å²) in [6.45, 7) is 4.55.